The first-order chi connectivity index (χ1) is 19.7. The molecule has 3 N–H and O–H groups in total. The van der Waals surface area contributed by atoms with Crippen LogP contribution in [0.25, 0.3) is 0 Å². The van der Waals surface area contributed by atoms with Gasteiger partial charge >= 0.3 is 11.9 Å². The van der Waals surface area contributed by atoms with Gasteiger partial charge in [-0.2, -0.15) is 0 Å². The van der Waals surface area contributed by atoms with Crippen LogP contribution in [0.4, 0.5) is 0 Å². The number of hydrogen-bond acceptors (Lipinski definition) is 10. The summed E-state index contributed by atoms with van der Waals surface area (Å²) in [6.07, 6.45) is 5.13. The molecule has 0 saturated carbocycles. The topological polar surface area (TPSA) is 160 Å². The summed E-state index contributed by atoms with van der Waals surface area (Å²) in [6.45, 7) is 9.63. The summed E-state index contributed by atoms with van der Waals surface area (Å²) < 4.78 is 22.7. The maximum Gasteiger partial charge on any atom is 0.303 e. The summed E-state index contributed by atoms with van der Waals surface area (Å²) in [5.74, 6) is -3.37. The van der Waals surface area contributed by atoms with Crippen molar-refractivity contribution >= 4 is 29.4 Å². The van der Waals surface area contributed by atoms with Gasteiger partial charge in [0.1, 0.15) is 12.2 Å². The number of ether oxygens (including phenoxy) is 4. The van der Waals surface area contributed by atoms with Crippen molar-refractivity contribution < 1.29 is 42.9 Å². The maximum atomic E-state index is 13.3. The summed E-state index contributed by atoms with van der Waals surface area (Å²) >= 11 is 0. The number of hydrogen-bond donors (Lipinski definition) is 2. The van der Waals surface area contributed by atoms with Crippen molar-refractivity contribution in [2.24, 2.45) is 17.6 Å². The van der Waals surface area contributed by atoms with Crippen LogP contribution in [0.5, 0.6) is 0 Å². The molecule has 11 nitrogen and oxygen atoms in total. The zero-order valence-electron chi connectivity index (χ0n) is 25.5. The second-order valence-corrected chi connectivity index (χ2v) is 10.7. The van der Waals surface area contributed by atoms with Crippen LogP contribution >= 0.6 is 0 Å². The quantitative estimate of drug-likeness (QED) is 0.285. The lowest BCUT2D eigenvalue weighted by Crippen LogP contribution is -2.39. The lowest BCUT2D eigenvalue weighted by Gasteiger charge is -2.32. The second kappa shape index (κ2) is 15.4. The highest BCUT2D eigenvalue weighted by Crippen LogP contribution is 2.29. The van der Waals surface area contributed by atoms with Crippen LogP contribution in [0.2, 0.25) is 0 Å². The number of nitrogens with two attached hydrogens (primary N) is 1. The predicted octanol–water partition coefficient (Wildman–Crippen LogP) is 2.76. The van der Waals surface area contributed by atoms with E-state index in [2.05, 4.69) is 5.32 Å². The van der Waals surface area contributed by atoms with Crippen molar-refractivity contribution in [1.82, 2.24) is 5.32 Å². The number of rotatable bonds is 4. The smallest absolute Gasteiger partial charge is 0.303 e. The Hall–Kier alpha value is -3.83. The van der Waals surface area contributed by atoms with Crippen molar-refractivity contribution in [3.05, 3.63) is 58.5 Å². The molecule has 0 fully saturated rings. The fourth-order valence-electron chi connectivity index (χ4n) is 5.02. The summed E-state index contributed by atoms with van der Waals surface area (Å²) in [4.78, 5) is 62.9. The van der Waals surface area contributed by atoms with E-state index in [0.717, 1.165) is 6.08 Å². The first kappa shape index (κ1) is 34.4. The molecule has 1 unspecified atom stereocenters. The summed E-state index contributed by atoms with van der Waals surface area (Å²) in [5.41, 5.74) is 6.67. The lowest BCUT2D eigenvalue weighted by atomic mass is 9.85. The molecule has 1 aliphatic carbocycles. The van der Waals surface area contributed by atoms with E-state index in [4.69, 9.17) is 24.7 Å². The van der Waals surface area contributed by atoms with Crippen LogP contribution in [0, 0.1) is 11.8 Å². The molecule has 0 radical (unpaired) electrons. The van der Waals surface area contributed by atoms with Crippen LogP contribution in [0.3, 0.4) is 0 Å². The van der Waals surface area contributed by atoms with E-state index in [-0.39, 0.29) is 34.9 Å². The number of amides is 1. The monoisotopic (exact) mass is 586 g/mol. The number of ketones is 2. The van der Waals surface area contributed by atoms with Crippen LogP contribution in [-0.2, 0) is 42.9 Å². The molecular weight excluding hydrogens is 544 g/mol. The first-order valence-corrected chi connectivity index (χ1v) is 13.7. The standard InChI is InChI=1S/C31H42N2O9/c1-16-12-22-27(32)24(36)15-23(28(22)37)33-31(38)17(2)10-9-11-25(39-7)29(41-20(5)34)18(3)14-19(4)30(42-21(6)35)26(13-16)40-8/h9-11,14-16,19,25-26,29-30H,12-13,32H2,1-8H3,(H,33,38)/b11-9-,17-10+,18-14+/t16-,19+,25+,26+,29?,30-/m1/s1. The van der Waals surface area contributed by atoms with Gasteiger partial charge in [-0.3, -0.25) is 24.0 Å². The van der Waals surface area contributed by atoms with E-state index >= 15 is 0 Å². The van der Waals surface area contributed by atoms with Gasteiger partial charge in [0, 0.05) is 51.2 Å². The molecule has 2 aliphatic rings. The second-order valence-electron chi connectivity index (χ2n) is 10.7. The molecule has 1 heterocycles. The van der Waals surface area contributed by atoms with Gasteiger partial charge in [-0.05, 0) is 38.2 Å². The number of methoxy groups -OCH3 is 2. The van der Waals surface area contributed by atoms with Gasteiger partial charge in [0.05, 0.1) is 17.5 Å². The van der Waals surface area contributed by atoms with E-state index in [0.29, 0.717) is 12.0 Å². The lowest BCUT2D eigenvalue weighted by molar-refractivity contribution is -0.157. The Bertz CT molecular complexity index is 1240. The van der Waals surface area contributed by atoms with Crippen molar-refractivity contribution in [1.29, 1.82) is 0 Å². The Kier molecular flexibility index (Phi) is 12.6. The number of Topliss-reactive ketones (excluding diaryl/α,β-unsaturated/α-hetero) is 1. The third-order valence-electron chi connectivity index (χ3n) is 7.15. The maximum absolute atomic E-state index is 13.3. The fourth-order valence-corrected chi connectivity index (χ4v) is 5.02. The summed E-state index contributed by atoms with van der Waals surface area (Å²) in [6, 6.07) is 0. The zero-order valence-corrected chi connectivity index (χ0v) is 25.5. The number of fused-ring (bicyclic) bond motifs is 2. The van der Waals surface area contributed by atoms with Crippen LogP contribution in [0.15, 0.2) is 58.5 Å². The molecule has 11 heteroatoms. The Morgan fingerprint density at radius 2 is 1.64 bits per heavy atom. The SMILES string of the molecule is CO[C@H]1/C=C\C=C(/C)C(=O)NC2=CC(=O)C(N)=C(C[C@@H](C)C[C@H](OC)[C@H](OC(C)=O)[C@@H](C)/C=C(\C)C1OC(C)=O)C2=O. The fraction of sp³-hybridized carbons (Fsp3) is 0.516. The van der Waals surface area contributed by atoms with Crippen molar-refractivity contribution in [3.8, 4) is 0 Å². The van der Waals surface area contributed by atoms with Crippen LogP contribution in [-0.4, -0.2) is 68.0 Å². The average Bonchev–Trinajstić information content (AvgIpc) is 2.91. The third kappa shape index (κ3) is 9.09. The molecule has 0 aromatic heterocycles. The molecule has 6 atom stereocenters. The molecule has 0 saturated heterocycles. The summed E-state index contributed by atoms with van der Waals surface area (Å²) in [5, 5.41) is 2.52. The molecule has 230 valence electrons. The number of allylic oxidation sites excluding steroid dienone is 4. The van der Waals surface area contributed by atoms with Crippen molar-refractivity contribution in [2.75, 3.05) is 14.2 Å². The molecule has 1 amide bonds. The third-order valence-corrected chi connectivity index (χ3v) is 7.15. The number of carbonyl (C=O) groups is 5. The Morgan fingerprint density at radius 3 is 2.21 bits per heavy atom. The van der Waals surface area contributed by atoms with Gasteiger partial charge in [-0.25, -0.2) is 0 Å². The van der Waals surface area contributed by atoms with Gasteiger partial charge < -0.3 is 30.0 Å². The predicted molar refractivity (Wildman–Crippen MR) is 154 cm³/mol. The molecular formula is C31H42N2O9. The van der Waals surface area contributed by atoms with Crippen molar-refractivity contribution in [3.63, 3.8) is 0 Å². The first-order valence-electron chi connectivity index (χ1n) is 13.7. The Labute approximate surface area is 246 Å². The van der Waals surface area contributed by atoms with E-state index in [9.17, 15) is 24.0 Å². The minimum absolute atomic E-state index is 0.0968. The molecule has 2 rings (SSSR count). The molecule has 0 spiro atoms. The molecule has 0 aromatic rings. The Balaban J connectivity index is 2.67. The molecule has 2 bridgehead atoms. The van der Waals surface area contributed by atoms with E-state index in [1.165, 1.54) is 34.1 Å². The summed E-state index contributed by atoms with van der Waals surface area (Å²) in [7, 11) is 2.95. The molecule has 42 heavy (non-hydrogen) atoms. The highest BCUT2D eigenvalue weighted by atomic mass is 16.6. The largest absolute Gasteiger partial charge is 0.459 e. The minimum atomic E-state index is -0.823. The van der Waals surface area contributed by atoms with Crippen LogP contribution < -0.4 is 11.1 Å². The van der Waals surface area contributed by atoms with Gasteiger partial charge in [0.15, 0.2) is 6.10 Å². The van der Waals surface area contributed by atoms with E-state index in [1.807, 2.05) is 19.9 Å². The van der Waals surface area contributed by atoms with Gasteiger partial charge in [-0.15, -0.1) is 0 Å². The minimum Gasteiger partial charge on any atom is -0.459 e. The Morgan fingerprint density at radius 1 is 1.00 bits per heavy atom. The van der Waals surface area contributed by atoms with E-state index < -0.39 is 59.7 Å². The van der Waals surface area contributed by atoms with Crippen LogP contribution in [0.1, 0.15) is 54.4 Å². The average molecular weight is 587 g/mol. The van der Waals surface area contributed by atoms with E-state index in [1.54, 1.807) is 26.0 Å². The zero-order chi connectivity index (χ0) is 31.7. The van der Waals surface area contributed by atoms with Gasteiger partial charge in [-0.1, -0.05) is 38.2 Å². The number of carbonyl (C=O) groups excluding carboxylic acids is 5. The molecule has 0 aromatic carbocycles. The van der Waals surface area contributed by atoms with Gasteiger partial charge in [0.2, 0.25) is 11.6 Å². The highest BCUT2D eigenvalue weighted by Gasteiger charge is 2.34. The number of esters is 2. The highest BCUT2D eigenvalue weighted by molar-refractivity contribution is 6.23. The normalized spacial score (nSPS) is 31.6. The van der Waals surface area contributed by atoms with Gasteiger partial charge in [0.25, 0.3) is 5.91 Å². The van der Waals surface area contributed by atoms with Crippen molar-refractivity contribution in [2.45, 2.75) is 78.8 Å². The number of nitrogens with one attached hydrogen (secondary N) is 1. The molecule has 1 aliphatic heterocycles.